The highest BCUT2D eigenvalue weighted by molar-refractivity contribution is 6.09. The van der Waals surface area contributed by atoms with Gasteiger partial charge in [-0.2, -0.15) is 0 Å². The van der Waals surface area contributed by atoms with Crippen LogP contribution in [0.25, 0.3) is 0 Å². The van der Waals surface area contributed by atoms with Crippen LogP contribution in [0.5, 0.6) is 0 Å². The van der Waals surface area contributed by atoms with Crippen molar-refractivity contribution in [1.82, 2.24) is 20.4 Å². The highest BCUT2D eigenvalue weighted by atomic mass is 16.2. The van der Waals surface area contributed by atoms with E-state index in [-0.39, 0.29) is 24.3 Å². The second kappa shape index (κ2) is 5.72. The molecule has 3 saturated heterocycles. The number of hydrogen-bond acceptors (Lipinski definition) is 4. The first-order valence-electron chi connectivity index (χ1n) is 9.14. The Kier molecular flexibility index (Phi) is 3.78. The summed E-state index contributed by atoms with van der Waals surface area (Å²) in [6, 6.07) is -0.400. The maximum absolute atomic E-state index is 12.9. The molecule has 0 aromatic carbocycles. The SMILES string of the molecule is CC1CCCCC12NC(=O)N(CC(=O)N1C[C@H]3CNC[C@H]3C1)C2=O. The van der Waals surface area contributed by atoms with Crippen molar-refractivity contribution in [1.29, 1.82) is 0 Å². The minimum atomic E-state index is -0.777. The summed E-state index contributed by atoms with van der Waals surface area (Å²) in [7, 11) is 0. The Hall–Kier alpha value is -1.63. The summed E-state index contributed by atoms with van der Waals surface area (Å²) in [6.07, 6.45) is 3.66. The monoisotopic (exact) mass is 334 g/mol. The summed E-state index contributed by atoms with van der Waals surface area (Å²) >= 11 is 0. The zero-order chi connectivity index (χ0) is 16.9. The van der Waals surface area contributed by atoms with Crippen LogP contribution in [0.1, 0.15) is 32.6 Å². The number of likely N-dealkylation sites (tertiary alicyclic amines) is 1. The largest absolute Gasteiger partial charge is 0.340 e. The first kappa shape index (κ1) is 15.9. The maximum Gasteiger partial charge on any atom is 0.325 e. The molecule has 132 valence electrons. The lowest BCUT2D eigenvalue weighted by atomic mass is 9.73. The summed E-state index contributed by atoms with van der Waals surface area (Å²) in [6.45, 7) is 5.29. The molecule has 0 bridgehead atoms. The fourth-order valence-corrected chi connectivity index (χ4v) is 4.93. The van der Waals surface area contributed by atoms with Crippen LogP contribution >= 0.6 is 0 Å². The minimum absolute atomic E-state index is 0.103. The smallest absolute Gasteiger partial charge is 0.325 e. The number of nitrogens with one attached hydrogen (secondary N) is 2. The molecule has 1 spiro atoms. The van der Waals surface area contributed by atoms with Crippen LogP contribution in [-0.2, 0) is 9.59 Å². The van der Waals surface area contributed by atoms with E-state index in [2.05, 4.69) is 10.6 Å². The van der Waals surface area contributed by atoms with Gasteiger partial charge in [0, 0.05) is 26.2 Å². The van der Waals surface area contributed by atoms with Crippen LogP contribution in [0.15, 0.2) is 0 Å². The molecule has 0 radical (unpaired) electrons. The van der Waals surface area contributed by atoms with E-state index in [1.165, 1.54) is 0 Å². The van der Waals surface area contributed by atoms with Gasteiger partial charge < -0.3 is 15.5 Å². The van der Waals surface area contributed by atoms with Gasteiger partial charge in [-0.05, 0) is 30.6 Å². The molecule has 24 heavy (non-hydrogen) atoms. The molecule has 0 aromatic rings. The predicted octanol–water partition coefficient (Wildman–Crippen LogP) is 0.165. The first-order valence-corrected chi connectivity index (χ1v) is 9.14. The number of rotatable bonds is 2. The molecule has 7 nitrogen and oxygen atoms in total. The molecular weight excluding hydrogens is 308 g/mol. The van der Waals surface area contributed by atoms with E-state index in [0.29, 0.717) is 18.3 Å². The lowest BCUT2D eigenvalue weighted by molar-refractivity contribution is -0.140. The molecular formula is C17H26N4O3. The first-order chi connectivity index (χ1) is 11.5. The third kappa shape index (κ3) is 2.32. The van der Waals surface area contributed by atoms with Crippen LogP contribution in [0.4, 0.5) is 4.79 Å². The van der Waals surface area contributed by atoms with E-state index in [4.69, 9.17) is 0 Å². The average Bonchev–Trinajstić information content (AvgIpc) is 3.20. The molecule has 4 aliphatic rings. The van der Waals surface area contributed by atoms with Gasteiger partial charge >= 0.3 is 6.03 Å². The average molecular weight is 334 g/mol. The van der Waals surface area contributed by atoms with Gasteiger partial charge in [-0.15, -0.1) is 0 Å². The summed E-state index contributed by atoms with van der Waals surface area (Å²) in [4.78, 5) is 40.9. The van der Waals surface area contributed by atoms with Gasteiger partial charge in [0.15, 0.2) is 0 Å². The van der Waals surface area contributed by atoms with E-state index in [0.717, 1.165) is 50.3 Å². The number of hydrogen-bond donors (Lipinski definition) is 2. The zero-order valence-electron chi connectivity index (χ0n) is 14.2. The Balaban J connectivity index is 1.44. The van der Waals surface area contributed by atoms with Crippen molar-refractivity contribution in [3.63, 3.8) is 0 Å². The van der Waals surface area contributed by atoms with Crippen molar-refractivity contribution in [2.75, 3.05) is 32.7 Å². The van der Waals surface area contributed by atoms with E-state index < -0.39 is 11.6 Å². The quantitative estimate of drug-likeness (QED) is 0.705. The fourth-order valence-electron chi connectivity index (χ4n) is 4.93. The molecule has 2 unspecified atom stereocenters. The van der Waals surface area contributed by atoms with E-state index in [1.54, 1.807) is 0 Å². The second-order valence-electron chi connectivity index (χ2n) is 7.92. The molecule has 0 aromatic heterocycles. The van der Waals surface area contributed by atoms with Crippen LogP contribution in [0.3, 0.4) is 0 Å². The second-order valence-corrected chi connectivity index (χ2v) is 7.92. The molecule has 1 aliphatic carbocycles. The Morgan fingerprint density at radius 1 is 1.21 bits per heavy atom. The number of amides is 4. The number of nitrogens with zero attached hydrogens (tertiary/aromatic N) is 2. The molecule has 4 amide bonds. The van der Waals surface area contributed by atoms with Crippen molar-refractivity contribution < 1.29 is 14.4 Å². The lowest BCUT2D eigenvalue weighted by Gasteiger charge is -2.36. The summed E-state index contributed by atoms with van der Waals surface area (Å²) in [5, 5.41) is 6.26. The molecule has 4 atom stereocenters. The van der Waals surface area contributed by atoms with Gasteiger partial charge in [0.25, 0.3) is 5.91 Å². The third-order valence-corrected chi connectivity index (χ3v) is 6.54. The summed E-state index contributed by atoms with van der Waals surface area (Å²) < 4.78 is 0. The molecule has 2 N–H and O–H groups in total. The standard InChI is InChI=1S/C17H26N4O3/c1-11-4-2-3-5-17(11)15(23)21(16(24)19-17)10-14(22)20-8-12-6-18-7-13(12)9-20/h11-13,18H,2-10H2,1H3,(H,19,24)/t11?,12-,13+,17?. The number of imide groups is 1. The molecule has 3 heterocycles. The normalized spacial score (nSPS) is 38.8. The third-order valence-electron chi connectivity index (χ3n) is 6.54. The Morgan fingerprint density at radius 2 is 1.92 bits per heavy atom. The van der Waals surface area contributed by atoms with E-state index >= 15 is 0 Å². The van der Waals surface area contributed by atoms with Gasteiger partial charge in [-0.3, -0.25) is 14.5 Å². The Morgan fingerprint density at radius 3 is 2.58 bits per heavy atom. The maximum atomic E-state index is 12.9. The molecule has 4 rings (SSSR count). The molecule has 3 aliphatic heterocycles. The molecule has 7 heteroatoms. The summed E-state index contributed by atoms with van der Waals surface area (Å²) in [5.74, 6) is 0.853. The number of urea groups is 1. The highest BCUT2D eigenvalue weighted by Gasteiger charge is 2.55. The number of carbonyl (C=O) groups excluding carboxylic acids is 3. The minimum Gasteiger partial charge on any atom is -0.340 e. The Bertz CT molecular complexity index is 568. The highest BCUT2D eigenvalue weighted by Crippen LogP contribution is 2.38. The van der Waals surface area contributed by atoms with Crippen molar-refractivity contribution in [2.24, 2.45) is 17.8 Å². The molecule has 4 fully saturated rings. The predicted molar refractivity (Wildman–Crippen MR) is 87.0 cm³/mol. The van der Waals surface area contributed by atoms with Gasteiger partial charge in [0.2, 0.25) is 5.91 Å². The zero-order valence-corrected chi connectivity index (χ0v) is 14.2. The summed E-state index contributed by atoms with van der Waals surface area (Å²) in [5.41, 5.74) is -0.777. The van der Waals surface area contributed by atoms with Crippen molar-refractivity contribution in [3.05, 3.63) is 0 Å². The van der Waals surface area contributed by atoms with Gasteiger partial charge in [-0.1, -0.05) is 19.8 Å². The van der Waals surface area contributed by atoms with Crippen molar-refractivity contribution in [2.45, 2.75) is 38.1 Å². The number of fused-ring (bicyclic) bond motifs is 1. The topological polar surface area (TPSA) is 81.8 Å². The van der Waals surface area contributed by atoms with Gasteiger partial charge in [0.05, 0.1) is 0 Å². The molecule has 1 saturated carbocycles. The van der Waals surface area contributed by atoms with Crippen molar-refractivity contribution in [3.8, 4) is 0 Å². The van der Waals surface area contributed by atoms with E-state index in [1.807, 2.05) is 11.8 Å². The van der Waals surface area contributed by atoms with Crippen LogP contribution in [0.2, 0.25) is 0 Å². The lowest BCUT2D eigenvalue weighted by Crippen LogP contribution is -2.54. The Labute approximate surface area is 142 Å². The van der Waals surface area contributed by atoms with Gasteiger partial charge in [-0.25, -0.2) is 4.79 Å². The van der Waals surface area contributed by atoms with Crippen molar-refractivity contribution >= 4 is 17.8 Å². The van der Waals surface area contributed by atoms with Crippen LogP contribution in [-0.4, -0.2) is 65.9 Å². The van der Waals surface area contributed by atoms with E-state index in [9.17, 15) is 14.4 Å². The van der Waals surface area contributed by atoms with Crippen LogP contribution < -0.4 is 10.6 Å². The number of carbonyl (C=O) groups is 3. The fraction of sp³-hybridized carbons (Fsp3) is 0.824. The van der Waals surface area contributed by atoms with Gasteiger partial charge in [0.1, 0.15) is 12.1 Å². The van der Waals surface area contributed by atoms with Crippen LogP contribution in [0, 0.1) is 17.8 Å².